The fraction of sp³-hybridized carbons (Fsp3) is 0.267. The summed E-state index contributed by atoms with van der Waals surface area (Å²) in [6.07, 6.45) is 0. The lowest BCUT2D eigenvalue weighted by atomic mass is 10.1. The molecule has 0 saturated carbocycles. The molecule has 0 aliphatic rings. The number of halogens is 1. The van der Waals surface area contributed by atoms with Gasteiger partial charge in [-0.3, -0.25) is 4.79 Å². The van der Waals surface area contributed by atoms with Crippen molar-refractivity contribution >= 4 is 44.6 Å². The highest BCUT2D eigenvalue weighted by Crippen LogP contribution is 2.27. The number of nitrogens with one attached hydrogen (secondary N) is 1. The molecule has 23 heavy (non-hydrogen) atoms. The summed E-state index contributed by atoms with van der Waals surface area (Å²) < 4.78 is 26.2. The molecule has 2 rings (SSSR count). The van der Waals surface area contributed by atoms with Gasteiger partial charge in [-0.1, -0.05) is 29.8 Å². The molecule has 0 spiro atoms. The number of anilines is 1. The summed E-state index contributed by atoms with van der Waals surface area (Å²) in [6, 6.07) is 8.62. The van der Waals surface area contributed by atoms with Gasteiger partial charge in [0.2, 0.25) is 5.91 Å². The number of para-hydroxylation sites is 1. The molecule has 1 N–H and O–H groups in total. The molecule has 8 heteroatoms. The SMILES string of the molecule is Cc1cccc(C)c1NC(=O)CN(C)S(=O)(=O)c1ccc(Cl)s1. The van der Waals surface area contributed by atoms with Crippen molar-refractivity contribution in [3.63, 3.8) is 0 Å². The number of thiophene rings is 1. The van der Waals surface area contributed by atoms with Crippen LogP contribution in [-0.4, -0.2) is 32.2 Å². The number of likely N-dealkylation sites (N-methyl/N-ethyl adjacent to an activating group) is 1. The summed E-state index contributed by atoms with van der Waals surface area (Å²) in [5, 5.41) is 2.77. The third kappa shape index (κ3) is 4.11. The van der Waals surface area contributed by atoms with Crippen LogP contribution in [0.4, 0.5) is 5.69 Å². The van der Waals surface area contributed by atoms with Crippen LogP contribution in [0.2, 0.25) is 4.34 Å². The van der Waals surface area contributed by atoms with Gasteiger partial charge in [-0.15, -0.1) is 11.3 Å². The predicted molar refractivity (Wildman–Crippen MR) is 93.7 cm³/mol. The third-order valence-electron chi connectivity index (χ3n) is 3.32. The van der Waals surface area contributed by atoms with E-state index >= 15 is 0 Å². The second kappa shape index (κ2) is 7.00. The number of hydrogen-bond donors (Lipinski definition) is 1. The maximum absolute atomic E-state index is 12.4. The van der Waals surface area contributed by atoms with Crippen molar-refractivity contribution in [2.45, 2.75) is 18.1 Å². The molecule has 0 aliphatic carbocycles. The molecule has 1 aromatic carbocycles. The standard InChI is InChI=1S/C15H17ClN2O3S2/c1-10-5-4-6-11(2)15(10)17-13(19)9-18(3)23(20,21)14-8-7-12(16)22-14/h4-8H,9H2,1-3H3,(H,17,19). The first-order valence-electron chi connectivity index (χ1n) is 6.79. The first-order chi connectivity index (χ1) is 10.7. The predicted octanol–water partition coefficient (Wildman–Crippen LogP) is 3.28. The van der Waals surface area contributed by atoms with Crippen molar-refractivity contribution in [1.29, 1.82) is 0 Å². The quantitative estimate of drug-likeness (QED) is 0.875. The molecule has 1 amide bonds. The van der Waals surface area contributed by atoms with E-state index in [-0.39, 0.29) is 10.8 Å². The lowest BCUT2D eigenvalue weighted by molar-refractivity contribution is -0.116. The normalized spacial score (nSPS) is 11.7. The van der Waals surface area contributed by atoms with Gasteiger partial charge in [0.05, 0.1) is 10.9 Å². The van der Waals surface area contributed by atoms with Crippen molar-refractivity contribution in [2.75, 3.05) is 18.9 Å². The molecule has 0 unspecified atom stereocenters. The Morgan fingerprint density at radius 2 is 1.83 bits per heavy atom. The van der Waals surface area contributed by atoms with E-state index in [4.69, 9.17) is 11.6 Å². The van der Waals surface area contributed by atoms with Crippen LogP contribution < -0.4 is 5.32 Å². The van der Waals surface area contributed by atoms with Crippen LogP contribution in [0.15, 0.2) is 34.5 Å². The molecule has 1 heterocycles. The summed E-state index contributed by atoms with van der Waals surface area (Å²) in [4.78, 5) is 12.2. The molecule has 0 atom stereocenters. The summed E-state index contributed by atoms with van der Waals surface area (Å²) in [5.41, 5.74) is 2.56. The van der Waals surface area contributed by atoms with Crippen molar-refractivity contribution in [3.8, 4) is 0 Å². The Morgan fingerprint density at radius 3 is 2.35 bits per heavy atom. The van der Waals surface area contributed by atoms with Gasteiger partial charge in [-0.05, 0) is 37.1 Å². The summed E-state index contributed by atoms with van der Waals surface area (Å²) in [5.74, 6) is -0.392. The average Bonchev–Trinajstić information content (AvgIpc) is 2.90. The number of carbonyl (C=O) groups excluding carboxylic acids is 1. The molecular formula is C15H17ClN2O3S2. The van der Waals surface area contributed by atoms with Crippen molar-refractivity contribution in [2.24, 2.45) is 0 Å². The van der Waals surface area contributed by atoms with Crippen molar-refractivity contribution < 1.29 is 13.2 Å². The highest BCUT2D eigenvalue weighted by molar-refractivity contribution is 7.91. The van der Waals surface area contributed by atoms with E-state index < -0.39 is 15.9 Å². The number of sulfonamides is 1. The number of hydrogen-bond acceptors (Lipinski definition) is 4. The zero-order chi connectivity index (χ0) is 17.2. The second-order valence-electron chi connectivity index (χ2n) is 5.13. The van der Waals surface area contributed by atoms with Crippen LogP contribution in [0.1, 0.15) is 11.1 Å². The van der Waals surface area contributed by atoms with Gasteiger partial charge in [-0.25, -0.2) is 8.42 Å². The summed E-state index contributed by atoms with van der Waals surface area (Å²) in [7, 11) is -2.35. The molecule has 0 bridgehead atoms. The van der Waals surface area contributed by atoms with E-state index in [0.29, 0.717) is 10.0 Å². The molecular weight excluding hydrogens is 356 g/mol. The highest BCUT2D eigenvalue weighted by Gasteiger charge is 2.25. The first kappa shape index (κ1) is 17.9. The van der Waals surface area contributed by atoms with Gasteiger partial charge in [0.25, 0.3) is 10.0 Å². The average molecular weight is 373 g/mol. The molecule has 0 aliphatic heterocycles. The summed E-state index contributed by atoms with van der Waals surface area (Å²) >= 11 is 6.74. The number of aryl methyl sites for hydroxylation is 2. The zero-order valence-electron chi connectivity index (χ0n) is 13.0. The fourth-order valence-electron chi connectivity index (χ4n) is 2.07. The number of rotatable bonds is 5. The smallest absolute Gasteiger partial charge is 0.252 e. The van der Waals surface area contributed by atoms with Gasteiger partial charge in [0, 0.05) is 12.7 Å². The van der Waals surface area contributed by atoms with Gasteiger partial charge in [0.1, 0.15) is 4.21 Å². The maximum atomic E-state index is 12.4. The van der Waals surface area contributed by atoms with Crippen LogP contribution in [0, 0.1) is 13.8 Å². The minimum atomic E-state index is -3.72. The number of benzene rings is 1. The molecule has 5 nitrogen and oxygen atoms in total. The van der Waals surface area contributed by atoms with E-state index in [9.17, 15) is 13.2 Å². The van der Waals surface area contributed by atoms with Crippen molar-refractivity contribution in [3.05, 3.63) is 45.8 Å². The van der Waals surface area contributed by atoms with E-state index in [2.05, 4.69) is 5.32 Å². The Bertz CT molecular complexity index is 811. The Morgan fingerprint density at radius 1 is 1.22 bits per heavy atom. The van der Waals surface area contributed by atoms with Crippen LogP contribution >= 0.6 is 22.9 Å². The van der Waals surface area contributed by atoms with Crippen LogP contribution in [0.3, 0.4) is 0 Å². The molecule has 1 aromatic heterocycles. The van der Waals surface area contributed by atoms with E-state index in [1.54, 1.807) is 0 Å². The molecule has 0 fully saturated rings. The fourth-order valence-corrected chi connectivity index (χ4v) is 4.89. The number of carbonyl (C=O) groups is 1. The number of nitrogens with zero attached hydrogens (tertiary/aromatic N) is 1. The van der Waals surface area contributed by atoms with E-state index in [1.165, 1.54) is 19.2 Å². The van der Waals surface area contributed by atoms with Gasteiger partial charge < -0.3 is 5.32 Å². The summed E-state index contributed by atoms with van der Waals surface area (Å²) in [6.45, 7) is 3.50. The number of amides is 1. The van der Waals surface area contributed by atoms with Gasteiger partial charge >= 0.3 is 0 Å². The van der Waals surface area contributed by atoms with E-state index in [0.717, 1.165) is 26.8 Å². The molecule has 124 valence electrons. The van der Waals surface area contributed by atoms with Gasteiger partial charge in [-0.2, -0.15) is 4.31 Å². The lowest BCUT2D eigenvalue weighted by Crippen LogP contribution is -2.34. The maximum Gasteiger partial charge on any atom is 0.252 e. The van der Waals surface area contributed by atoms with Gasteiger partial charge in [0.15, 0.2) is 0 Å². The molecule has 2 aromatic rings. The molecule has 0 radical (unpaired) electrons. The highest BCUT2D eigenvalue weighted by atomic mass is 35.5. The van der Waals surface area contributed by atoms with Crippen LogP contribution in [-0.2, 0) is 14.8 Å². The monoisotopic (exact) mass is 372 g/mol. The minimum Gasteiger partial charge on any atom is -0.324 e. The van der Waals surface area contributed by atoms with Crippen molar-refractivity contribution in [1.82, 2.24) is 4.31 Å². The van der Waals surface area contributed by atoms with E-state index in [1.807, 2.05) is 32.0 Å². The Labute approximate surface area is 144 Å². The van der Waals surface area contributed by atoms with Crippen LogP contribution in [0.25, 0.3) is 0 Å². The Hall–Kier alpha value is -1.41. The Kier molecular flexibility index (Phi) is 5.46. The first-order valence-corrected chi connectivity index (χ1v) is 9.43. The largest absolute Gasteiger partial charge is 0.324 e. The lowest BCUT2D eigenvalue weighted by Gasteiger charge is -2.17. The zero-order valence-corrected chi connectivity index (χ0v) is 15.3. The second-order valence-corrected chi connectivity index (χ2v) is 9.12. The minimum absolute atomic E-state index is 0.116. The Balaban J connectivity index is 2.11. The molecule has 0 saturated heterocycles. The third-order valence-corrected chi connectivity index (χ3v) is 6.83. The topological polar surface area (TPSA) is 66.5 Å². The van der Waals surface area contributed by atoms with Crippen LogP contribution in [0.5, 0.6) is 0 Å².